The fraction of sp³-hybridized carbons (Fsp3) is 0.310. The molecular formula is C113H160. The number of hydrogen-bond acceptors (Lipinski definition) is 0. The zero-order chi connectivity index (χ0) is 87.2. The van der Waals surface area contributed by atoms with E-state index < -0.39 is 0 Å². The minimum atomic E-state index is 1.28. The maximum Gasteiger partial charge on any atom is -0.00266 e. The predicted molar refractivity (Wildman–Crippen MR) is 532 cm³/mol. The van der Waals surface area contributed by atoms with Crippen LogP contribution in [0.3, 0.4) is 0 Å². The van der Waals surface area contributed by atoms with Crippen LogP contribution in [0.25, 0.3) is 75.8 Å². The summed E-state index contributed by atoms with van der Waals surface area (Å²) in [6.07, 6.45) is 0. The van der Waals surface area contributed by atoms with Crippen LogP contribution in [0.5, 0.6) is 0 Å². The van der Waals surface area contributed by atoms with Gasteiger partial charge in [0, 0.05) is 0 Å². The molecule has 0 amide bonds. The molecule has 0 nitrogen and oxygen atoms in total. The first-order valence-electron chi connectivity index (χ1n) is 43.2. The molecule has 0 aliphatic rings. The molecule has 15 rings (SSSR count). The zero-order valence-corrected chi connectivity index (χ0v) is 78.3. The molecular weight excluding hydrogens is 1360 g/mol. The van der Waals surface area contributed by atoms with E-state index in [1.807, 2.05) is 253 Å². The molecule has 0 radical (unpaired) electrons. The highest BCUT2D eigenvalue weighted by molar-refractivity contribution is 6.15. The lowest BCUT2D eigenvalue weighted by Gasteiger charge is -2.15. The van der Waals surface area contributed by atoms with Gasteiger partial charge in [0.1, 0.15) is 0 Å². The second kappa shape index (κ2) is 79.9. The van der Waals surface area contributed by atoms with Crippen molar-refractivity contribution in [3.05, 3.63) is 384 Å². The molecule has 0 saturated heterocycles. The Morgan fingerprint density at radius 1 is 0.133 bits per heavy atom. The number of fused-ring (bicyclic) bond motifs is 7. The van der Waals surface area contributed by atoms with Crippen LogP contribution >= 0.6 is 0 Å². The van der Waals surface area contributed by atoms with Gasteiger partial charge in [-0.25, -0.2) is 0 Å². The second-order valence-electron chi connectivity index (χ2n) is 22.1. The molecule has 0 atom stereocenters. The molecule has 0 heteroatoms. The van der Waals surface area contributed by atoms with E-state index in [0.717, 1.165) is 0 Å². The molecule has 0 heterocycles. The summed E-state index contributed by atoms with van der Waals surface area (Å²) in [6, 6.07) is 116. The third kappa shape index (κ3) is 44.6. The highest BCUT2D eigenvalue weighted by atomic mass is 14.2. The van der Waals surface area contributed by atoms with Crippen LogP contribution < -0.4 is 0 Å². The summed E-state index contributed by atoms with van der Waals surface area (Å²) in [6.45, 7) is 71.2. The topological polar surface area (TPSA) is 0 Å². The van der Waals surface area contributed by atoms with Crippen LogP contribution in [0.2, 0.25) is 0 Å². The Morgan fingerprint density at radius 2 is 0.354 bits per heavy atom. The fourth-order valence-electron chi connectivity index (χ4n) is 10.6. The first kappa shape index (κ1) is 114. The quantitative estimate of drug-likeness (QED) is 0.114. The van der Waals surface area contributed by atoms with Crippen molar-refractivity contribution in [1.82, 2.24) is 0 Å². The fourth-order valence-corrected chi connectivity index (χ4v) is 10.6. The number of aryl methyl sites for hydroxylation is 9. The van der Waals surface area contributed by atoms with Gasteiger partial charge in [-0.2, -0.15) is 0 Å². The Kier molecular flexibility index (Phi) is 80.5. The van der Waals surface area contributed by atoms with E-state index >= 15 is 0 Å². The molecule has 0 spiro atoms. The van der Waals surface area contributed by atoms with E-state index in [9.17, 15) is 0 Å². The average molecular weight is 1520 g/mol. The van der Waals surface area contributed by atoms with Crippen molar-refractivity contribution in [3.8, 4) is 11.1 Å². The minimum absolute atomic E-state index is 1.28. The van der Waals surface area contributed by atoms with Crippen molar-refractivity contribution in [3.63, 3.8) is 0 Å². The Hall–Kier alpha value is -10.1. The van der Waals surface area contributed by atoms with Gasteiger partial charge >= 0.3 is 0 Å². The first-order chi connectivity index (χ1) is 55.5. The normalized spacial score (nSPS) is 8.49. The van der Waals surface area contributed by atoms with Crippen molar-refractivity contribution in [2.45, 2.75) is 242 Å². The molecule has 15 aromatic rings. The molecule has 612 valence electrons. The summed E-state index contributed by atoms with van der Waals surface area (Å²) >= 11 is 0. The van der Waals surface area contributed by atoms with E-state index in [2.05, 4.69) is 323 Å². The first-order valence-corrected chi connectivity index (χ1v) is 43.2. The van der Waals surface area contributed by atoms with Crippen molar-refractivity contribution in [2.75, 3.05) is 0 Å². The van der Waals surface area contributed by atoms with Crippen molar-refractivity contribution in [1.29, 1.82) is 0 Å². The molecule has 113 heavy (non-hydrogen) atoms. The summed E-state index contributed by atoms with van der Waals surface area (Å²) < 4.78 is 0. The van der Waals surface area contributed by atoms with Crippen LogP contribution in [-0.4, -0.2) is 0 Å². The van der Waals surface area contributed by atoms with Gasteiger partial charge in [-0.3, -0.25) is 0 Å². The summed E-state index contributed by atoms with van der Waals surface area (Å²) in [5.74, 6) is 0. The third-order valence-electron chi connectivity index (χ3n) is 15.5. The Balaban J connectivity index is -0.000000284. The molecule has 0 N–H and O–H groups in total. The summed E-state index contributed by atoms with van der Waals surface area (Å²) in [7, 11) is 0. The van der Waals surface area contributed by atoms with E-state index in [1.165, 1.54) is 126 Å². The number of benzene rings is 15. The van der Waals surface area contributed by atoms with Gasteiger partial charge in [0.2, 0.25) is 0 Å². The van der Waals surface area contributed by atoms with Gasteiger partial charge in [-0.1, -0.05) is 541 Å². The Morgan fingerprint density at radius 3 is 0.637 bits per heavy atom. The number of hydrogen-bond donors (Lipinski definition) is 0. The van der Waals surface area contributed by atoms with Gasteiger partial charge in [-0.15, -0.1) is 0 Å². The van der Waals surface area contributed by atoms with E-state index in [4.69, 9.17) is 0 Å². The second-order valence-corrected chi connectivity index (χ2v) is 22.1. The van der Waals surface area contributed by atoms with Gasteiger partial charge in [-0.05, 0) is 160 Å². The van der Waals surface area contributed by atoms with Gasteiger partial charge in [0.05, 0.1) is 0 Å². The highest BCUT2D eigenvalue weighted by Crippen LogP contribution is 2.39. The summed E-state index contributed by atoms with van der Waals surface area (Å²) in [5, 5.41) is 16.2. The molecule has 0 bridgehead atoms. The van der Waals surface area contributed by atoms with Crippen LogP contribution in [0, 0.1) is 62.3 Å². The van der Waals surface area contributed by atoms with E-state index in [0.29, 0.717) is 0 Å². The lowest BCUT2D eigenvalue weighted by molar-refractivity contribution is 1.41. The van der Waals surface area contributed by atoms with Gasteiger partial charge < -0.3 is 0 Å². The largest absolute Gasteiger partial charge is 0.0683 e. The SMILES string of the molecule is CC.CC.CC.CC.CC.CC.CC.CC.CC.CC.CC.CC.CC.Cc1c(C)c2ccccc2c2ccccc12.Cc1c2ccccc2c(-c2ccccc2)c2ccccc12.Cc1ccc2ccccc2c1.Cc1cccc2ccccc12.Cc1ccccc1.Cc1ccccc1.Cc1ccccc1.Cc1ccccc1. The lowest BCUT2D eigenvalue weighted by Crippen LogP contribution is -1.88. The van der Waals surface area contributed by atoms with Crippen LogP contribution in [-0.2, 0) is 0 Å². The standard InChI is InChI=1S/C21H16.C16H14.2C11H10.4C7H8.13C2H6/c1-15-17-11-5-7-13-19(17)21(16-9-3-2-4-10-16)20-14-8-6-12-18(15)20;1-11-12(2)14-8-4-6-10-16(14)15-9-5-3-7-13(11)15;1-9-5-4-7-10-6-2-3-8-11(9)10;1-9-6-7-10-4-2-3-5-11(10)8-9;4*1-7-5-3-2-4-6-7;13*1-2/h2-14H,1H3;3-10H,1-2H3;2*2-8H,1H3;4*2-6H,1H3;13*1-2H3. The molecule has 0 aromatic heterocycles. The van der Waals surface area contributed by atoms with E-state index in [1.54, 1.807) is 0 Å². The van der Waals surface area contributed by atoms with Crippen LogP contribution in [0.4, 0.5) is 0 Å². The molecule has 0 aliphatic heterocycles. The Bertz CT molecular complexity index is 4230. The van der Waals surface area contributed by atoms with Crippen LogP contribution in [0.1, 0.15) is 230 Å². The molecule has 0 unspecified atom stereocenters. The molecule has 15 aromatic carbocycles. The maximum absolute atomic E-state index is 2.23. The van der Waals surface area contributed by atoms with Crippen molar-refractivity contribution >= 4 is 64.6 Å². The predicted octanol–water partition coefficient (Wildman–Crippen LogP) is 38.2. The lowest BCUT2D eigenvalue weighted by atomic mass is 9.89. The monoisotopic (exact) mass is 1520 g/mol. The Labute approximate surface area is 697 Å². The van der Waals surface area contributed by atoms with Gasteiger partial charge in [0.25, 0.3) is 0 Å². The smallest absolute Gasteiger partial charge is 0.00266 e. The summed E-state index contributed by atoms with van der Waals surface area (Å²) in [5.41, 5.74) is 14.7. The average Bonchev–Trinajstić information content (AvgIpc) is 0.754. The maximum atomic E-state index is 2.23. The van der Waals surface area contributed by atoms with Gasteiger partial charge in [0.15, 0.2) is 0 Å². The van der Waals surface area contributed by atoms with Crippen molar-refractivity contribution in [2.24, 2.45) is 0 Å². The summed E-state index contributed by atoms with van der Waals surface area (Å²) in [4.78, 5) is 0. The minimum Gasteiger partial charge on any atom is -0.0683 e. The zero-order valence-electron chi connectivity index (χ0n) is 78.3. The molecule has 0 aliphatic carbocycles. The van der Waals surface area contributed by atoms with Crippen LogP contribution in [0.15, 0.2) is 334 Å². The third-order valence-corrected chi connectivity index (χ3v) is 15.5. The number of rotatable bonds is 1. The highest BCUT2D eigenvalue weighted by Gasteiger charge is 2.12. The van der Waals surface area contributed by atoms with E-state index in [-0.39, 0.29) is 0 Å². The molecule has 0 fully saturated rings. The molecule has 0 saturated carbocycles. The van der Waals surface area contributed by atoms with Crippen molar-refractivity contribution < 1.29 is 0 Å².